The van der Waals surface area contributed by atoms with Crippen LogP contribution in [0, 0.1) is 12.3 Å². The number of rotatable bonds is 3. The lowest BCUT2D eigenvalue weighted by atomic mass is 9.58. The second-order valence-corrected chi connectivity index (χ2v) is 7.82. The Hall–Kier alpha value is -2.47. The van der Waals surface area contributed by atoms with Gasteiger partial charge in [-0.3, -0.25) is 0 Å². The Morgan fingerprint density at radius 3 is 2.62 bits per heavy atom. The van der Waals surface area contributed by atoms with E-state index in [9.17, 15) is 0 Å². The van der Waals surface area contributed by atoms with E-state index in [4.69, 9.17) is 4.52 Å². The third-order valence-corrected chi connectivity index (χ3v) is 5.92. The third-order valence-electron chi connectivity index (χ3n) is 5.92. The molecule has 0 bridgehead atoms. The molecule has 26 heavy (non-hydrogen) atoms. The molecule has 1 saturated carbocycles. The molecule has 2 aliphatic rings. The summed E-state index contributed by atoms with van der Waals surface area (Å²) < 4.78 is 7.45. The lowest BCUT2D eigenvalue weighted by molar-refractivity contribution is 0.0461. The van der Waals surface area contributed by atoms with Crippen molar-refractivity contribution in [3.63, 3.8) is 0 Å². The summed E-state index contributed by atoms with van der Waals surface area (Å²) in [5.41, 5.74) is 3.67. The highest BCUT2D eigenvalue weighted by Gasteiger charge is 2.47. The van der Waals surface area contributed by atoms with Crippen molar-refractivity contribution in [3.05, 3.63) is 48.1 Å². The summed E-state index contributed by atoms with van der Waals surface area (Å²) in [5, 5.41) is 12.0. The van der Waals surface area contributed by atoms with E-state index in [0.29, 0.717) is 17.2 Å². The predicted octanol–water partition coefficient (Wildman–Crippen LogP) is 3.48. The van der Waals surface area contributed by atoms with E-state index in [2.05, 4.69) is 20.6 Å². The number of hydrogen-bond donors (Lipinski definition) is 1. The van der Waals surface area contributed by atoms with Crippen molar-refractivity contribution in [3.8, 4) is 17.1 Å². The van der Waals surface area contributed by atoms with Crippen molar-refractivity contribution in [2.45, 2.75) is 38.5 Å². The highest BCUT2D eigenvalue weighted by molar-refractivity contribution is 5.56. The average molecular weight is 349 g/mol. The van der Waals surface area contributed by atoms with E-state index in [-0.39, 0.29) is 0 Å². The van der Waals surface area contributed by atoms with Gasteiger partial charge in [-0.2, -0.15) is 10.1 Å². The first kappa shape index (κ1) is 15.8. The molecular weight excluding hydrogens is 326 g/mol. The highest BCUT2D eigenvalue weighted by atomic mass is 16.5. The molecule has 2 fully saturated rings. The minimum Gasteiger partial charge on any atom is -0.339 e. The van der Waals surface area contributed by atoms with Gasteiger partial charge >= 0.3 is 0 Å². The summed E-state index contributed by atoms with van der Waals surface area (Å²) in [6.45, 7) is 4.32. The molecule has 0 atom stereocenters. The normalized spacial score (nSPS) is 19.6. The van der Waals surface area contributed by atoms with Gasteiger partial charge in [-0.25, -0.2) is 4.68 Å². The Bertz CT molecular complexity index is 896. The summed E-state index contributed by atoms with van der Waals surface area (Å²) in [6.07, 6.45) is 8.79. The predicted molar refractivity (Wildman–Crippen MR) is 98.1 cm³/mol. The molecule has 6 nitrogen and oxygen atoms in total. The first-order chi connectivity index (χ1) is 12.7. The van der Waals surface area contributed by atoms with E-state index in [1.165, 1.54) is 25.7 Å². The number of hydrogen-bond acceptors (Lipinski definition) is 5. The van der Waals surface area contributed by atoms with Crippen LogP contribution in [-0.2, 0) is 0 Å². The Morgan fingerprint density at radius 2 is 1.92 bits per heavy atom. The maximum absolute atomic E-state index is 5.58. The zero-order valence-corrected chi connectivity index (χ0v) is 15.0. The number of nitrogens with zero attached hydrogens (tertiary/aromatic N) is 4. The van der Waals surface area contributed by atoms with Gasteiger partial charge in [-0.05, 0) is 80.9 Å². The molecule has 6 heteroatoms. The first-order valence-corrected chi connectivity index (χ1v) is 9.37. The SMILES string of the molecule is Cc1cnn(-c2ccc(-c3noc(C4CC5(CCNCC5)C4)n3)cc2)c1. The summed E-state index contributed by atoms with van der Waals surface area (Å²) in [5.74, 6) is 1.91. The summed E-state index contributed by atoms with van der Waals surface area (Å²) in [4.78, 5) is 4.67. The van der Waals surface area contributed by atoms with Crippen molar-refractivity contribution < 1.29 is 4.52 Å². The van der Waals surface area contributed by atoms with E-state index in [1.807, 2.05) is 48.3 Å². The molecule has 1 aromatic carbocycles. The van der Waals surface area contributed by atoms with E-state index >= 15 is 0 Å². The Balaban J connectivity index is 1.30. The molecule has 1 aliphatic carbocycles. The fourth-order valence-corrected chi connectivity index (χ4v) is 4.36. The van der Waals surface area contributed by atoms with E-state index < -0.39 is 0 Å². The van der Waals surface area contributed by atoms with Crippen LogP contribution in [0.3, 0.4) is 0 Å². The summed E-state index contributed by atoms with van der Waals surface area (Å²) in [6, 6.07) is 8.11. The molecule has 5 rings (SSSR count). The molecule has 0 radical (unpaired) electrons. The Morgan fingerprint density at radius 1 is 1.15 bits per heavy atom. The van der Waals surface area contributed by atoms with Gasteiger partial charge in [0.15, 0.2) is 0 Å². The van der Waals surface area contributed by atoms with Gasteiger partial charge in [0, 0.05) is 17.7 Å². The number of piperidine rings is 1. The van der Waals surface area contributed by atoms with Crippen molar-refractivity contribution in [1.82, 2.24) is 25.2 Å². The molecule has 1 aliphatic heterocycles. The lowest BCUT2D eigenvalue weighted by Crippen LogP contribution is -2.44. The molecule has 0 amide bonds. The first-order valence-electron chi connectivity index (χ1n) is 9.37. The van der Waals surface area contributed by atoms with Crippen LogP contribution in [0.2, 0.25) is 0 Å². The smallest absolute Gasteiger partial charge is 0.230 e. The molecule has 0 unspecified atom stereocenters. The molecule has 2 aromatic heterocycles. The molecule has 1 spiro atoms. The second-order valence-electron chi connectivity index (χ2n) is 7.82. The number of aromatic nitrogens is 4. The van der Waals surface area contributed by atoms with Gasteiger partial charge in [-0.1, -0.05) is 5.16 Å². The number of benzene rings is 1. The summed E-state index contributed by atoms with van der Waals surface area (Å²) >= 11 is 0. The number of aryl methyl sites for hydroxylation is 1. The van der Waals surface area contributed by atoms with Crippen LogP contribution in [-0.4, -0.2) is 33.0 Å². The van der Waals surface area contributed by atoms with E-state index in [0.717, 1.165) is 35.8 Å². The van der Waals surface area contributed by atoms with Crippen LogP contribution in [0.15, 0.2) is 41.2 Å². The maximum Gasteiger partial charge on any atom is 0.230 e. The summed E-state index contributed by atoms with van der Waals surface area (Å²) in [7, 11) is 0. The average Bonchev–Trinajstić information content (AvgIpc) is 3.30. The maximum atomic E-state index is 5.58. The quantitative estimate of drug-likeness (QED) is 0.784. The lowest BCUT2D eigenvalue weighted by Gasteiger charge is -2.49. The Labute approximate surface area is 152 Å². The van der Waals surface area contributed by atoms with Gasteiger partial charge in [0.05, 0.1) is 11.9 Å². The van der Waals surface area contributed by atoms with Crippen LogP contribution >= 0.6 is 0 Å². The van der Waals surface area contributed by atoms with E-state index in [1.54, 1.807) is 0 Å². The fourth-order valence-electron chi connectivity index (χ4n) is 4.36. The number of nitrogens with one attached hydrogen (secondary N) is 1. The molecular formula is C20H23N5O. The zero-order chi connectivity index (χ0) is 17.6. The van der Waals surface area contributed by atoms with Crippen LogP contribution in [0.4, 0.5) is 0 Å². The highest BCUT2D eigenvalue weighted by Crippen LogP contribution is 2.55. The van der Waals surface area contributed by atoms with Crippen molar-refractivity contribution >= 4 is 0 Å². The largest absolute Gasteiger partial charge is 0.339 e. The minimum absolute atomic E-state index is 0.431. The third kappa shape index (κ3) is 2.74. The zero-order valence-electron chi connectivity index (χ0n) is 15.0. The minimum atomic E-state index is 0.431. The van der Waals surface area contributed by atoms with Crippen LogP contribution < -0.4 is 5.32 Å². The fraction of sp³-hybridized carbons (Fsp3) is 0.450. The Kier molecular flexibility index (Phi) is 3.67. The van der Waals surface area contributed by atoms with Gasteiger partial charge in [0.2, 0.25) is 11.7 Å². The van der Waals surface area contributed by atoms with Crippen molar-refractivity contribution in [2.75, 3.05) is 13.1 Å². The molecule has 3 aromatic rings. The van der Waals surface area contributed by atoms with Crippen LogP contribution in [0.1, 0.15) is 43.1 Å². The monoisotopic (exact) mass is 349 g/mol. The second kappa shape index (κ2) is 6.06. The van der Waals surface area contributed by atoms with Gasteiger partial charge in [-0.15, -0.1) is 0 Å². The van der Waals surface area contributed by atoms with Gasteiger partial charge in [0.1, 0.15) is 0 Å². The molecule has 3 heterocycles. The van der Waals surface area contributed by atoms with Gasteiger partial charge < -0.3 is 9.84 Å². The van der Waals surface area contributed by atoms with Crippen LogP contribution in [0.25, 0.3) is 17.1 Å². The molecule has 1 N–H and O–H groups in total. The van der Waals surface area contributed by atoms with Crippen LogP contribution in [0.5, 0.6) is 0 Å². The van der Waals surface area contributed by atoms with Crippen molar-refractivity contribution in [1.29, 1.82) is 0 Å². The molecule has 1 saturated heterocycles. The van der Waals surface area contributed by atoms with Crippen molar-refractivity contribution in [2.24, 2.45) is 5.41 Å². The topological polar surface area (TPSA) is 68.8 Å². The van der Waals surface area contributed by atoms with Gasteiger partial charge in [0.25, 0.3) is 0 Å². The standard InChI is InChI=1S/C20H23N5O/c1-14-12-22-25(13-14)17-4-2-15(3-5-17)18-23-19(26-24-18)16-10-20(11-16)6-8-21-9-7-20/h2-5,12-13,16,21H,6-11H2,1H3. The molecule has 134 valence electrons.